The average molecular weight is 350 g/mol. The fraction of sp³-hybridized carbons (Fsp3) is 0.786. The van der Waals surface area contributed by atoms with E-state index in [1.165, 1.54) is 12.8 Å². The second-order valence-corrected chi connectivity index (χ2v) is 5.92. The number of halogens is 2. The Morgan fingerprint density at radius 3 is 2.64 bits per heavy atom. The zero-order valence-electron chi connectivity index (χ0n) is 12.9. The highest BCUT2D eigenvalue weighted by Gasteiger charge is 2.33. The molecule has 1 aromatic heterocycles. The van der Waals surface area contributed by atoms with Crippen LogP contribution in [-0.2, 0) is 17.8 Å². The smallest absolute Gasteiger partial charge is 0.239 e. The minimum Gasteiger partial charge on any atom is -0.331 e. The molecule has 1 unspecified atom stereocenters. The van der Waals surface area contributed by atoms with Crippen LogP contribution in [0.5, 0.6) is 0 Å². The molecule has 0 aliphatic carbocycles. The number of fused-ring (bicyclic) bond motifs is 1. The first kappa shape index (κ1) is 19.2. The average Bonchev–Trinajstić information content (AvgIpc) is 2.90. The molecule has 22 heavy (non-hydrogen) atoms. The summed E-state index contributed by atoms with van der Waals surface area (Å²) in [7, 11) is 0. The first-order valence-corrected chi connectivity index (χ1v) is 7.66. The molecule has 2 aliphatic rings. The van der Waals surface area contributed by atoms with Crippen molar-refractivity contribution in [3.63, 3.8) is 0 Å². The van der Waals surface area contributed by atoms with Gasteiger partial charge in [0, 0.05) is 19.5 Å². The topological polar surface area (TPSA) is 77.0 Å². The van der Waals surface area contributed by atoms with Gasteiger partial charge in [-0.25, -0.2) is 0 Å². The SMILES string of the molecule is C[C@@H](N)C(=O)N1CCCCC1c1nnc2n1CCCC2.Cl.Cl. The third-order valence-corrected chi connectivity index (χ3v) is 4.36. The van der Waals surface area contributed by atoms with Crippen molar-refractivity contribution in [1.29, 1.82) is 0 Å². The number of amides is 1. The molecule has 2 N–H and O–H groups in total. The first-order valence-electron chi connectivity index (χ1n) is 7.66. The fourth-order valence-electron chi connectivity index (χ4n) is 3.30. The van der Waals surface area contributed by atoms with Crippen molar-refractivity contribution < 1.29 is 4.79 Å². The highest BCUT2D eigenvalue weighted by atomic mass is 35.5. The van der Waals surface area contributed by atoms with Crippen LogP contribution in [0, 0.1) is 0 Å². The molecule has 6 nitrogen and oxygen atoms in total. The molecule has 0 saturated carbocycles. The predicted molar refractivity (Wildman–Crippen MR) is 89.4 cm³/mol. The number of hydrogen-bond donors (Lipinski definition) is 1. The van der Waals surface area contributed by atoms with Gasteiger partial charge >= 0.3 is 0 Å². The van der Waals surface area contributed by atoms with Crippen molar-refractivity contribution in [2.75, 3.05) is 6.54 Å². The number of carbonyl (C=O) groups excluding carboxylic acids is 1. The van der Waals surface area contributed by atoms with E-state index in [9.17, 15) is 4.79 Å². The highest BCUT2D eigenvalue weighted by molar-refractivity contribution is 5.85. The van der Waals surface area contributed by atoms with Crippen LogP contribution in [0.3, 0.4) is 0 Å². The molecule has 2 aliphatic heterocycles. The van der Waals surface area contributed by atoms with Crippen LogP contribution in [0.15, 0.2) is 0 Å². The maximum absolute atomic E-state index is 12.3. The van der Waals surface area contributed by atoms with Crippen molar-refractivity contribution in [3.8, 4) is 0 Å². The van der Waals surface area contributed by atoms with Crippen LogP contribution < -0.4 is 5.73 Å². The molecule has 1 saturated heterocycles. The van der Waals surface area contributed by atoms with Crippen LogP contribution in [0.4, 0.5) is 0 Å². The lowest BCUT2D eigenvalue weighted by atomic mass is 10.00. The molecular weight excluding hydrogens is 325 g/mol. The number of carbonyl (C=O) groups is 1. The highest BCUT2D eigenvalue weighted by Crippen LogP contribution is 2.31. The third-order valence-electron chi connectivity index (χ3n) is 4.36. The van der Waals surface area contributed by atoms with Gasteiger partial charge in [0.25, 0.3) is 0 Å². The van der Waals surface area contributed by atoms with Gasteiger partial charge in [0.15, 0.2) is 5.82 Å². The normalized spacial score (nSPS) is 22.1. The molecule has 2 atom stereocenters. The van der Waals surface area contributed by atoms with E-state index >= 15 is 0 Å². The lowest BCUT2D eigenvalue weighted by molar-refractivity contribution is -0.136. The predicted octanol–water partition coefficient (Wildman–Crippen LogP) is 1.86. The van der Waals surface area contributed by atoms with Crippen molar-refractivity contribution in [2.24, 2.45) is 5.73 Å². The number of aromatic nitrogens is 3. The van der Waals surface area contributed by atoms with Crippen LogP contribution in [0.25, 0.3) is 0 Å². The van der Waals surface area contributed by atoms with Crippen LogP contribution >= 0.6 is 24.8 Å². The lowest BCUT2D eigenvalue weighted by Crippen LogP contribution is -2.46. The Kier molecular flexibility index (Phi) is 7.09. The van der Waals surface area contributed by atoms with Crippen LogP contribution in [0.1, 0.15) is 56.7 Å². The van der Waals surface area contributed by atoms with Crippen LogP contribution in [0.2, 0.25) is 0 Å². The van der Waals surface area contributed by atoms with Crippen molar-refractivity contribution in [1.82, 2.24) is 19.7 Å². The van der Waals surface area contributed by atoms with Gasteiger partial charge in [-0.15, -0.1) is 35.0 Å². The van der Waals surface area contributed by atoms with Gasteiger partial charge in [-0.1, -0.05) is 0 Å². The number of rotatable bonds is 2. The van der Waals surface area contributed by atoms with E-state index in [-0.39, 0.29) is 36.8 Å². The monoisotopic (exact) mass is 349 g/mol. The molecule has 0 radical (unpaired) electrons. The second-order valence-electron chi connectivity index (χ2n) is 5.92. The summed E-state index contributed by atoms with van der Waals surface area (Å²) in [4.78, 5) is 14.2. The Balaban J connectivity index is 0.00000121. The zero-order chi connectivity index (χ0) is 14.1. The summed E-state index contributed by atoms with van der Waals surface area (Å²) in [5.41, 5.74) is 5.79. The minimum absolute atomic E-state index is 0. The van der Waals surface area contributed by atoms with E-state index < -0.39 is 6.04 Å². The summed E-state index contributed by atoms with van der Waals surface area (Å²) in [6, 6.07) is -0.388. The molecule has 3 heterocycles. The van der Waals surface area contributed by atoms with E-state index in [2.05, 4.69) is 14.8 Å². The molecular formula is C14H25Cl2N5O. The maximum Gasteiger partial charge on any atom is 0.239 e. The minimum atomic E-state index is -0.445. The number of nitrogens with two attached hydrogens (primary N) is 1. The van der Waals surface area contributed by atoms with Gasteiger partial charge in [-0.05, 0) is 39.0 Å². The molecule has 8 heteroatoms. The van der Waals surface area contributed by atoms with Gasteiger partial charge in [0.05, 0.1) is 12.1 Å². The van der Waals surface area contributed by atoms with Crippen LogP contribution in [-0.4, -0.2) is 38.2 Å². The number of piperidine rings is 1. The molecule has 3 rings (SSSR count). The Morgan fingerprint density at radius 1 is 1.18 bits per heavy atom. The molecule has 126 valence electrons. The second kappa shape index (κ2) is 8.13. The Bertz CT molecular complexity index is 505. The fourth-order valence-corrected chi connectivity index (χ4v) is 3.30. The number of likely N-dealkylation sites (tertiary alicyclic amines) is 1. The van der Waals surface area contributed by atoms with E-state index in [1.807, 2.05) is 4.90 Å². The van der Waals surface area contributed by atoms with Gasteiger partial charge in [0.1, 0.15) is 5.82 Å². The van der Waals surface area contributed by atoms with E-state index in [0.717, 1.165) is 50.4 Å². The Hall–Kier alpha value is -0.850. The standard InChI is InChI=1S/C14H23N5O.2ClH/c1-10(15)14(20)18-8-4-2-6-11(18)13-17-16-12-7-3-5-9-19(12)13;;/h10-11H,2-9,15H2,1H3;2*1H/t10-,11?;;/m1../s1. The summed E-state index contributed by atoms with van der Waals surface area (Å²) in [5, 5.41) is 8.71. The third kappa shape index (κ3) is 3.55. The van der Waals surface area contributed by atoms with Crippen molar-refractivity contribution in [2.45, 2.75) is 64.1 Å². The molecule has 0 spiro atoms. The molecule has 0 bridgehead atoms. The van der Waals surface area contributed by atoms with E-state index in [0.29, 0.717) is 0 Å². The summed E-state index contributed by atoms with van der Waals surface area (Å²) in [5.74, 6) is 2.07. The van der Waals surface area contributed by atoms with E-state index in [4.69, 9.17) is 5.73 Å². The maximum atomic E-state index is 12.3. The van der Waals surface area contributed by atoms with Gasteiger partial charge in [-0.3, -0.25) is 4.79 Å². The van der Waals surface area contributed by atoms with Crippen molar-refractivity contribution in [3.05, 3.63) is 11.6 Å². The summed E-state index contributed by atoms with van der Waals surface area (Å²) in [6.45, 7) is 3.52. The summed E-state index contributed by atoms with van der Waals surface area (Å²) >= 11 is 0. The Labute approximate surface area is 143 Å². The van der Waals surface area contributed by atoms with Gasteiger partial charge in [0.2, 0.25) is 5.91 Å². The quantitative estimate of drug-likeness (QED) is 0.883. The number of nitrogens with zero attached hydrogens (tertiary/aromatic N) is 4. The largest absolute Gasteiger partial charge is 0.331 e. The van der Waals surface area contributed by atoms with Crippen molar-refractivity contribution >= 4 is 30.7 Å². The molecule has 1 amide bonds. The molecule has 1 fully saturated rings. The van der Waals surface area contributed by atoms with E-state index in [1.54, 1.807) is 6.92 Å². The Morgan fingerprint density at radius 2 is 1.91 bits per heavy atom. The number of hydrogen-bond acceptors (Lipinski definition) is 4. The van der Waals surface area contributed by atoms with Gasteiger partial charge in [-0.2, -0.15) is 0 Å². The van der Waals surface area contributed by atoms with Gasteiger partial charge < -0.3 is 15.2 Å². The number of aryl methyl sites for hydroxylation is 1. The summed E-state index contributed by atoms with van der Waals surface area (Å²) < 4.78 is 2.22. The molecule has 1 aromatic rings. The first-order chi connectivity index (χ1) is 9.68. The molecule has 0 aromatic carbocycles. The lowest BCUT2D eigenvalue weighted by Gasteiger charge is -2.36. The summed E-state index contributed by atoms with van der Waals surface area (Å²) in [6.07, 6.45) is 6.51. The zero-order valence-corrected chi connectivity index (χ0v) is 14.5.